The van der Waals surface area contributed by atoms with Gasteiger partial charge in [-0.2, -0.15) is 0 Å². The van der Waals surface area contributed by atoms with Crippen molar-refractivity contribution in [2.24, 2.45) is 0 Å². The summed E-state index contributed by atoms with van der Waals surface area (Å²) in [5.41, 5.74) is 0.784. The van der Waals surface area contributed by atoms with Crippen LogP contribution < -0.4 is 10.6 Å². The number of hydrogen-bond donors (Lipinski definition) is 2. The molecule has 0 aliphatic rings. The average molecular weight is 287 g/mol. The van der Waals surface area contributed by atoms with E-state index >= 15 is 0 Å². The molecule has 1 rings (SSSR count). The molecule has 106 valence electrons. The lowest BCUT2D eigenvalue weighted by atomic mass is 10.3. The van der Waals surface area contributed by atoms with Crippen LogP contribution in [0.5, 0.6) is 0 Å². The Morgan fingerprint density at radius 2 is 2.05 bits per heavy atom. The standard InChI is InChI=1S/C12H19ClN4O2/c1-8-11(13)16-9(2)17-12(8)15-5-4-10(18)14-6-7-19-3/h4-7H2,1-3H3,(H,14,18)(H,15,16,17). The van der Waals surface area contributed by atoms with E-state index in [-0.39, 0.29) is 5.91 Å². The minimum Gasteiger partial charge on any atom is -0.383 e. The van der Waals surface area contributed by atoms with E-state index < -0.39 is 0 Å². The number of anilines is 1. The van der Waals surface area contributed by atoms with Gasteiger partial charge in [0.1, 0.15) is 16.8 Å². The van der Waals surface area contributed by atoms with Crippen molar-refractivity contribution in [1.29, 1.82) is 0 Å². The molecular formula is C12H19ClN4O2. The fourth-order valence-electron chi connectivity index (χ4n) is 1.44. The lowest BCUT2D eigenvalue weighted by Gasteiger charge is -2.10. The van der Waals surface area contributed by atoms with Gasteiger partial charge < -0.3 is 15.4 Å². The van der Waals surface area contributed by atoms with Gasteiger partial charge >= 0.3 is 0 Å². The van der Waals surface area contributed by atoms with Crippen LogP contribution in [0.4, 0.5) is 5.82 Å². The number of aromatic nitrogens is 2. The van der Waals surface area contributed by atoms with E-state index in [1.54, 1.807) is 14.0 Å². The molecule has 0 aliphatic carbocycles. The highest BCUT2D eigenvalue weighted by Gasteiger charge is 2.07. The van der Waals surface area contributed by atoms with Crippen LogP contribution in [-0.2, 0) is 9.53 Å². The number of nitrogens with zero attached hydrogens (tertiary/aromatic N) is 2. The average Bonchev–Trinajstić information content (AvgIpc) is 2.35. The van der Waals surface area contributed by atoms with Gasteiger partial charge in [-0.1, -0.05) is 11.6 Å². The molecule has 0 aliphatic heterocycles. The molecule has 0 bridgehead atoms. The predicted molar refractivity (Wildman–Crippen MR) is 74.5 cm³/mol. The monoisotopic (exact) mass is 286 g/mol. The van der Waals surface area contributed by atoms with Crippen molar-refractivity contribution in [3.63, 3.8) is 0 Å². The number of amides is 1. The minimum atomic E-state index is -0.0286. The van der Waals surface area contributed by atoms with Crippen LogP contribution in [-0.4, -0.2) is 42.7 Å². The number of carbonyl (C=O) groups excluding carboxylic acids is 1. The number of rotatable bonds is 7. The highest BCUT2D eigenvalue weighted by Crippen LogP contribution is 2.19. The molecule has 1 heterocycles. The van der Waals surface area contributed by atoms with Crippen LogP contribution in [0.15, 0.2) is 0 Å². The molecule has 1 aromatic heterocycles. The van der Waals surface area contributed by atoms with Crippen molar-refractivity contribution in [3.05, 3.63) is 16.5 Å². The van der Waals surface area contributed by atoms with E-state index in [2.05, 4.69) is 20.6 Å². The number of ether oxygens (including phenoxy) is 1. The van der Waals surface area contributed by atoms with Crippen LogP contribution in [0.1, 0.15) is 17.8 Å². The summed E-state index contributed by atoms with van der Waals surface area (Å²) in [5, 5.41) is 6.26. The third-order valence-corrected chi connectivity index (χ3v) is 2.84. The molecule has 7 heteroatoms. The first-order chi connectivity index (χ1) is 9.04. The SMILES string of the molecule is COCCNC(=O)CCNc1nc(C)nc(Cl)c1C. The largest absolute Gasteiger partial charge is 0.383 e. The van der Waals surface area contributed by atoms with Gasteiger partial charge in [-0.25, -0.2) is 9.97 Å². The number of halogens is 1. The summed E-state index contributed by atoms with van der Waals surface area (Å²) in [6.45, 7) is 5.13. The molecule has 0 radical (unpaired) electrons. The van der Waals surface area contributed by atoms with Crippen molar-refractivity contribution in [3.8, 4) is 0 Å². The maximum Gasteiger partial charge on any atom is 0.221 e. The van der Waals surface area contributed by atoms with Crippen LogP contribution in [0.3, 0.4) is 0 Å². The molecule has 19 heavy (non-hydrogen) atoms. The first-order valence-corrected chi connectivity index (χ1v) is 6.42. The van der Waals surface area contributed by atoms with E-state index in [0.29, 0.717) is 42.9 Å². The Hall–Kier alpha value is -1.40. The molecule has 0 fully saturated rings. The third-order valence-electron chi connectivity index (χ3n) is 2.47. The smallest absolute Gasteiger partial charge is 0.221 e. The maximum absolute atomic E-state index is 11.5. The molecule has 6 nitrogen and oxygen atoms in total. The third kappa shape index (κ3) is 5.40. The summed E-state index contributed by atoms with van der Waals surface area (Å²) in [6.07, 6.45) is 0.365. The molecular weight excluding hydrogens is 268 g/mol. The second kappa shape index (κ2) is 7.91. The van der Waals surface area contributed by atoms with Crippen molar-refractivity contribution in [2.45, 2.75) is 20.3 Å². The lowest BCUT2D eigenvalue weighted by molar-refractivity contribution is -0.121. The van der Waals surface area contributed by atoms with Crippen LogP contribution in [0.2, 0.25) is 5.15 Å². The van der Waals surface area contributed by atoms with E-state index in [4.69, 9.17) is 16.3 Å². The van der Waals surface area contributed by atoms with Crippen LogP contribution in [0.25, 0.3) is 0 Å². The molecule has 0 spiro atoms. The van der Waals surface area contributed by atoms with E-state index in [1.807, 2.05) is 6.92 Å². The van der Waals surface area contributed by atoms with Crippen molar-refractivity contribution in [2.75, 3.05) is 32.1 Å². The van der Waals surface area contributed by atoms with Crippen molar-refractivity contribution >= 4 is 23.3 Å². The number of hydrogen-bond acceptors (Lipinski definition) is 5. The Morgan fingerprint density at radius 3 is 2.74 bits per heavy atom. The first kappa shape index (κ1) is 15.7. The molecule has 2 N–H and O–H groups in total. The number of carbonyl (C=O) groups is 1. The molecule has 1 aromatic rings. The summed E-state index contributed by atoms with van der Waals surface area (Å²) in [6, 6.07) is 0. The van der Waals surface area contributed by atoms with E-state index in [0.717, 1.165) is 5.56 Å². The van der Waals surface area contributed by atoms with E-state index in [1.165, 1.54) is 0 Å². The van der Waals surface area contributed by atoms with Gasteiger partial charge in [-0.05, 0) is 13.8 Å². The molecule has 0 atom stereocenters. The highest BCUT2D eigenvalue weighted by molar-refractivity contribution is 6.30. The number of methoxy groups -OCH3 is 1. The van der Waals surface area contributed by atoms with Gasteiger partial charge in [0.25, 0.3) is 0 Å². The fraction of sp³-hybridized carbons (Fsp3) is 0.583. The highest BCUT2D eigenvalue weighted by atomic mass is 35.5. The van der Waals surface area contributed by atoms with Crippen molar-refractivity contribution < 1.29 is 9.53 Å². The first-order valence-electron chi connectivity index (χ1n) is 6.05. The predicted octanol–water partition coefficient (Wildman–Crippen LogP) is 1.31. The fourth-order valence-corrected chi connectivity index (χ4v) is 1.65. The second-order valence-electron chi connectivity index (χ2n) is 4.05. The Balaban J connectivity index is 2.39. The summed E-state index contributed by atoms with van der Waals surface area (Å²) < 4.78 is 4.85. The molecule has 0 aromatic carbocycles. The van der Waals surface area contributed by atoms with Gasteiger partial charge in [0, 0.05) is 32.2 Å². The Kier molecular flexibility index (Phi) is 6.52. The minimum absolute atomic E-state index is 0.0286. The van der Waals surface area contributed by atoms with Crippen LogP contribution >= 0.6 is 11.6 Å². The number of aryl methyl sites for hydroxylation is 1. The Labute approximate surface area is 117 Å². The summed E-state index contributed by atoms with van der Waals surface area (Å²) in [7, 11) is 1.59. The zero-order valence-corrected chi connectivity index (χ0v) is 12.2. The van der Waals surface area contributed by atoms with Gasteiger partial charge in [-0.15, -0.1) is 0 Å². The van der Waals surface area contributed by atoms with E-state index in [9.17, 15) is 4.79 Å². The van der Waals surface area contributed by atoms with Gasteiger partial charge in [0.05, 0.1) is 6.61 Å². The zero-order valence-electron chi connectivity index (χ0n) is 11.4. The topological polar surface area (TPSA) is 76.1 Å². The molecule has 0 unspecified atom stereocenters. The maximum atomic E-state index is 11.5. The second-order valence-corrected chi connectivity index (χ2v) is 4.41. The summed E-state index contributed by atoms with van der Waals surface area (Å²) in [4.78, 5) is 19.8. The van der Waals surface area contributed by atoms with Crippen LogP contribution in [0, 0.1) is 13.8 Å². The summed E-state index contributed by atoms with van der Waals surface area (Å²) >= 11 is 5.96. The Morgan fingerprint density at radius 1 is 1.32 bits per heavy atom. The van der Waals surface area contributed by atoms with Crippen molar-refractivity contribution in [1.82, 2.24) is 15.3 Å². The van der Waals surface area contributed by atoms with Gasteiger partial charge in [0.15, 0.2) is 0 Å². The molecule has 0 saturated carbocycles. The lowest BCUT2D eigenvalue weighted by Crippen LogP contribution is -2.28. The summed E-state index contributed by atoms with van der Waals surface area (Å²) in [5.74, 6) is 1.24. The molecule has 1 amide bonds. The quantitative estimate of drug-likeness (QED) is 0.584. The Bertz CT molecular complexity index is 440. The molecule has 0 saturated heterocycles. The number of nitrogens with one attached hydrogen (secondary N) is 2. The zero-order chi connectivity index (χ0) is 14.3. The van der Waals surface area contributed by atoms with Gasteiger partial charge in [0.2, 0.25) is 5.91 Å². The normalized spacial score (nSPS) is 10.3. The van der Waals surface area contributed by atoms with Gasteiger partial charge in [-0.3, -0.25) is 4.79 Å².